The predicted molar refractivity (Wildman–Crippen MR) is 148 cm³/mol. The summed E-state index contributed by atoms with van der Waals surface area (Å²) >= 11 is 0. The highest BCUT2D eigenvalue weighted by Gasteiger charge is 2.09. The zero-order valence-corrected chi connectivity index (χ0v) is 20.6. The van der Waals surface area contributed by atoms with Gasteiger partial charge >= 0.3 is 0 Å². The van der Waals surface area contributed by atoms with Crippen LogP contribution in [0.25, 0.3) is 6.08 Å². The molecular formula is C25H51NO4S2. The third kappa shape index (κ3) is 32.9. The monoisotopic (exact) mass is 493 g/mol. The first-order valence-electron chi connectivity index (χ1n) is 9.40. The zero-order chi connectivity index (χ0) is 23.7. The fraction of sp³-hybridized carbons (Fsp3) is 0.560. The first-order chi connectivity index (χ1) is 13.1. The summed E-state index contributed by atoms with van der Waals surface area (Å²) in [6.45, 7) is 23.4. The second-order valence-corrected chi connectivity index (χ2v) is 11.8. The lowest BCUT2D eigenvalue weighted by atomic mass is 10.3. The van der Waals surface area contributed by atoms with E-state index >= 15 is 0 Å². The van der Waals surface area contributed by atoms with Crippen LogP contribution in [0.15, 0.2) is 54.9 Å². The second kappa shape index (κ2) is 23.9. The smallest absolute Gasteiger partial charge is 0.173 e. The molecule has 192 valence electrons. The minimum Gasteiger partial charge on any atom is -0.257 e. The van der Waals surface area contributed by atoms with Crippen LogP contribution in [-0.2, 0) is 19.7 Å². The molecule has 0 N–H and O–H groups in total. The van der Waals surface area contributed by atoms with Crippen LogP contribution in [0.3, 0.4) is 0 Å². The maximum atomic E-state index is 10.7. The fourth-order valence-corrected chi connectivity index (χ4v) is 2.67. The van der Waals surface area contributed by atoms with E-state index in [4.69, 9.17) is 0 Å². The van der Waals surface area contributed by atoms with Crippen LogP contribution in [0, 0.1) is 11.8 Å². The van der Waals surface area contributed by atoms with Crippen LogP contribution in [0.2, 0.25) is 0 Å². The van der Waals surface area contributed by atoms with Crippen LogP contribution in [-0.4, -0.2) is 32.8 Å². The Hall–Kier alpha value is -1.73. The molecule has 0 fully saturated rings. The third-order valence-corrected chi connectivity index (χ3v) is 6.02. The van der Waals surface area contributed by atoms with Gasteiger partial charge in [-0.15, -0.1) is 0 Å². The summed E-state index contributed by atoms with van der Waals surface area (Å²) in [5, 5.41) is 1.66. The normalized spacial score (nSPS) is 9.56. The molecule has 0 unspecified atom stereocenters. The maximum Gasteiger partial charge on any atom is 0.173 e. The Balaban J connectivity index is -0.0000000702. The minimum absolute atomic E-state index is 0. The number of hydrogen-bond donors (Lipinski definition) is 0. The lowest BCUT2D eigenvalue weighted by molar-refractivity contribution is 0.590. The first kappa shape index (κ1) is 44.0. The van der Waals surface area contributed by atoms with E-state index in [0.29, 0.717) is 0 Å². The summed E-state index contributed by atoms with van der Waals surface area (Å²) < 4.78 is 42.5. The predicted octanol–water partition coefficient (Wildman–Crippen LogP) is 7.45. The van der Waals surface area contributed by atoms with E-state index in [1.807, 2.05) is 32.0 Å². The molecule has 0 radical (unpaired) electrons. The van der Waals surface area contributed by atoms with Gasteiger partial charge in [0.2, 0.25) is 0 Å². The molecular weight excluding hydrogens is 442 g/mol. The van der Waals surface area contributed by atoms with Gasteiger partial charge in [-0.25, -0.2) is 16.8 Å². The highest BCUT2D eigenvalue weighted by molar-refractivity contribution is 7.94. The first-order valence-corrected chi connectivity index (χ1v) is 12.7. The lowest BCUT2D eigenvalue weighted by Crippen LogP contribution is -2.08. The Kier molecular flexibility index (Phi) is 32.9. The van der Waals surface area contributed by atoms with Crippen LogP contribution < -0.4 is 0 Å². The van der Waals surface area contributed by atoms with E-state index in [9.17, 15) is 16.8 Å². The topological polar surface area (TPSA) is 81.2 Å². The molecule has 5 nitrogen and oxygen atoms in total. The Labute approximate surface area is 201 Å². The van der Waals surface area contributed by atoms with E-state index in [1.54, 1.807) is 26.1 Å². The van der Waals surface area contributed by atoms with Crippen molar-refractivity contribution in [1.29, 1.82) is 0 Å². The molecule has 0 aliphatic rings. The number of hydrogen-bond acceptors (Lipinski definition) is 5. The molecule has 0 atom stereocenters. The molecule has 0 bridgehead atoms. The molecule has 0 spiro atoms. The van der Waals surface area contributed by atoms with Crippen LogP contribution in [0.5, 0.6) is 0 Å². The molecule has 32 heavy (non-hydrogen) atoms. The summed E-state index contributed by atoms with van der Waals surface area (Å²) in [6.07, 6.45) is 3.47. The van der Waals surface area contributed by atoms with Crippen LogP contribution in [0.1, 0.15) is 76.4 Å². The van der Waals surface area contributed by atoms with Gasteiger partial charge < -0.3 is 0 Å². The van der Waals surface area contributed by atoms with E-state index in [2.05, 4.69) is 45.5 Å². The van der Waals surface area contributed by atoms with Crippen molar-refractivity contribution < 1.29 is 16.8 Å². The van der Waals surface area contributed by atoms with Crippen molar-refractivity contribution in [3.8, 4) is 0 Å². The van der Waals surface area contributed by atoms with E-state index in [1.165, 1.54) is 0 Å². The van der Waals surface area contributed by atoms with Crippen molar-refractivity contribution in [2.24, 2.45) is 11.8 Å². The van der Waals surface area contributed by atoms with Crippen LogP contribution in [0.4, 0.5) is 0 Å². The van der Waals surface area contributed by atoms with E-state index < -0.39 is 19.7 Å². The number of nitrogens with zero attached hydrogens (tertiary/aromatic N) is 1. The van der Waals surface area contributed by atoms with Gasteiger partial charge in [-0.1, -0.05) is 82.7 Å². The SMILES string of the molecule is C.C.C.C=CS(=O)(=O)C(C)C.C=CS(=O)(=O)CC(C)C.C=Cc1ccccn1.CC(C)C. The van der Waals surface area contributed by atoms with Gasteiger partial charge in [0.25, 0.3) is 0 Å². The zero-order valence-electron chi connectivity index (χ0n) is 19.0. The van der Waals surface area contributed by atoms with Gasteiger partial charge in [0.15, 0.2) is 19.7 Å². The molecule has 7 heteroatoms. The Bertz CT molecular complexity index is 763. The molecule has 0 amide bonds. The Morgan fingerprint density at radius 2 is 1.28 bits per heavy atom. The molecule has 1 aromatic heterocycles. The van der Waals surface area contributed by atoms with Gasteiger partial charge in [-0.3, -0.25) is 4.98 Å². The molecule has 0 aliphatic heterocycles. The molecule has 0 saturated carbocycles. The number of rotatable bonds is 6. The number of sulfone groups is 2. The standard InChI is InChI=1S/C7H7N.C6H12O2S.C5H10O2S.C4H10.3CH4/c1-2-7-5-3-4-6-8-7;1-4-9(7,8)5-6(2)3;1-4-8(6,7)5(2)3;1-4(2)3;;;/h2-6H,1H2;4,6H,1,5H2,2-3H3;4-5H,1H2,2-3H3;4H,1-3H3;3*1H4. The van der Waals surface area contributed by atoms with Gasteiger partial charge in [0.1, 0.15) is 0 Å². The quantitative estimate of drug-likeness (QED) is 0.411. The highest BCUT2D eigenvalue weighted by atomic mass is 32.2. The second-order valence-electron chi connectivity index (χ2n) is 7.39. The van der Waals surface area contributed by atoms with Crippen molar-refractivity contribution in [1.82, 2.24) is 4.98 Å². The number of aromatic nitrogens is 1. The highest BCUT2D eigenvalue weighted by Crippen LogP contribution is 2.00. The fourth-order valence-electron chi connectivity index (χ4n) is 1.22. The molecule has 1 rings (SSSR count). The van der Waals surface area contributed by atoms with E-state index in [-0.39, 0.29) is 39.2 Å². The maximum absolute atomic E-state index is 10.7. The van der Waals surface area contributed by atoms with Gasteiger partial charge in [-0.2, -0.15) is 0 Å². The molecule has 1 aromatic rings. The molecule has 0 aromatic carbocycles. The van der Waals surface area contributed by atoms with Gasteiger partial charge in [-0.05, 0) is 43.9 Å². The minimum atomic E-state index is -2.97. The lowest BCUT2D eigenvalue weighted by Gasteiger charge is -1.99. The van der Waals surface area contributed by atoms with Gasteiger partial charge in [0.05, 0.1) is 16.7 Å². The van der Waals surface area contributed by atoms with Crippen molar-refractivity contribution in [3.05, 3.63) is 60.6 Å². The third-order valence-electron chi connectivity index (χ3n) is 2.61. The van der Waals surface area contributed by atoms with Crippen molar-refractivity contribution in [3.63, 3.8) is 0 Å². The van der Waals surface area contributed by atoms with Crippen molar-refractivity contribution in [2.75, 3.05) is 5.75 Å². The summed E-state index contributed by atoms with van der Waals surface area (Å²) in [5.74, 6) is 1.23. The molecule has 0 aliphatic carbocycles. The summed E-state index contributed by atoms with van der Waals surface area (Å²) in [5.41, 5.74) is 0.924. The Morgan fingerprint density at radius 1 is 0.844 bits per heavy atom. The van der Waals surface area contributed by atoms with E-state index in [0.717, 1.165) is 22.4 Å². The average molecular weight is 494 g/mol. The molecule has 1 heterocycles. The van der Waals surface area contributed by atoms with Crippen molar-refractivity contribution >= 4 is 25.8 Å². The Morgan fingerprint density at radius 3 is 1.41 bits per heavy atom. The molecule has 0 saturated heterocycles. The van der Waals surface area contributed by atoms with Gasteiger partial charge in [0, 0.05) is 17.0 Å². The summed E-state index contributed by atoms with van der Waals surface area (Å²) in [6, 6.07) is 5.73. The summed E-state index contributed by atoms with van der Waals surface area (Å²) in [7, 11) is -5.93. The van der Waals surface area contributed by atoms with Crippen molar-refractivity contribution in [2.45, 2.75) is 76.0 Å². The number of pyridine rings is 1. The average Bonchev–Trinajstić information content (AvgIpc) is 2.62. The van der Waals surface area contributed by atoms with Crippen LogP contribution >= 0.6 is 0 Å². The largest absolute Gasteiger partial charge is 0.257 e. The summed E-state index contributed by atoms with van der Waals surface area (Å²) in [4.78, 5) is 3.98.